The lowest BCUT2D eigenvalue weighted by Crippen LogP contribution is -2.03. The van der Waals surface area contributed by atoms with E-state index in [0.717, 1.165) is 34.1 Å². The molecule has 0 amide bonds. The lowest BCUT2D eigenvalue weighted by atomic mass is 10.1. The molecule has 0 atom stereocenters. The fourth-order valence-corrected chi connectivity index (χ4v) is 3.89. The third-order valence-electron chi connectivity index (χ3n) is 5.63. The summed E-state index contributed by atoms with van der Waals surface area (Å²) < 4.78 is 7.05. The van der Waals surface area contributed by atoms with Gasteiger partial charge in [0.1, 0.15) is 0 Å². The molecule has 0 spiro atoms. The smallest absolute Gasteiger partial charge is 0.337 e. The molecule has 32 heavy (non-hydrogen) atoms. The standard InChI is InChI=1S/C28H28N2O2/c1-3-4-8-21-13-15-25(16-14-21)29-18-24-20-30(27-12-6-5-11-26(24)27)19-22-9-7-10-23(17-22)28(31)32-2/h5-7,9-18,20H,3-4,8,19H2,1-2H3. The number of benzene rings is 3. The molecule has 0 saturated heterocycles. The summed E-state index contributed by atoms with van der Waals surface area (Å²) in [7, 11) is 1.40. The van der Waals surface area contributed by atoms with Crippen LogP contribution in [0, 0.1) is 0 Å². The van der Waals surface area contributed by atoms with Crippen LogP contribution in [0.1, 0.15) is 46.8 Å². The van der Waals surface area contributed by atoms with Crippen LogP contribution in [-0.4, -0.2) is 23.9 Å². The number of carbonyl (C=O) groups is 1. The summed E-state index contributed by atoms with van der Waals surface area (Å²) >= 11 is 0. The Morgan fingerprint density at radius 3 is 2.59 bits per heavy atom. The lowest BCUT2D eigenvalue weighted by molar-refractivity contribution is 0.0600. The van der Waals surface area contributed by atoms with Crippen molar-refractivity contribution in [2.75, 3.05) is 7.11 Å². The number of esters is 1. The monoisotopic (exact) mass is 424 g/mol. The van der Waals surface area contributed by atoms with Gasteiger partial charge in [-0.1, -0.05) is 55.8 Å². The largest absolute Gasteiger partial charge is 0.465 e. The Labute approximate surface area is 189 Å². The molecule has 0 aliphatic rings. The van der Waals surface area contributed by atoms with Gasteiger partial charge < -0.3 is 9.30 Å². The maximum absolute atomic E-state index is 11.9. The number of aryl methyl sites for hydroxylation is 1. The molecule has 4 aromatic rings. The van der Waals surface area contributed by atoms with Crippen LogP contribution in [0.25, 0.3) is 10.9 Å². The number of aliphatic imine (C=N–C) groups is 1. The summed E-state index contributed by atoms with van der Waals surface area (Å²) in [4.78, 5) is 16.6. The summed E-state index contributed by atoms with van der Waals surface area (Å²) in [6, 6.07) is 24.4. The zero-order valence-corrected chi connectivity index (χ0v) is 18.6. The van der Waals surface area contributed by atoms with Crippen molar-refractivity contribution in [3.05, 3.63) is 101 Å². The Balaban J connectivity index is 1.59. The SMILES string of the molecule is CCCCc1ccc(N=Cc2cn(Cc3cccc(C(=O)OC)c3)c3ccccc23)cc1. The van der Waals surface area contributed by atoms with E-state index >= 15 is 0 Å². The van der Waals surface area contributed by atoms with Gasteiger partial charge in [0, 0.05) is 35.4 Å². The van der Waals surface area contributed by atoms with E-state index in [0.29, 0.717) is 12.1 Å². The Morgan fingerprint density at radius 1 is 1.00 bits per heavy atom. The summed E-state index contributed by atoms with van der Waals surface area (Å²) in [5.74, 6) is -0.322. The van der Waals surface area contributed by atoms with Crippen molar-refractivity contribution in [3.63, 3.8) is 0 Å². The second-order valence-electron chi connectivity index (χ2n) is 7.95. The molecule has 0 N–H and O–H groups in total. The van der Waals surface area contributed by atoms with Gasteiger partial charge in [0.15, 0.2) is 0 Å². The van der Waals surface area contributed by atoms with Gasteiger partial charge in [-0.05, 0) is 54.3 Å². The second-order valence-corrected chi connectivity index (χ2v) is 7.95. The van der Waals surface area contributed by atoms with E-state index in [1.165, 1.54) is 25.5 Å². The lowest BCUT2D eigenvalue weighted by Gasteiger charge is -2.07. The van der Waals surface area contributed by atoms with Crippen LogP contribution in [0.5, 0.6) is 0 Å². The summed E-state index contributed by atoms with van der Waals surface area (Å²) in [6.45, 7) is 2.87. The molecule has 0 aliphatic carbocycles. The van der Waals surface area contributed by atoms with Gasteiger partial charge in [-0.2, -0.15) is 0 Å². The van der Waals surface area contributed by atoms with Crippen LogP contribution in [0.4, 0.5) is 5.69 Å². The molecule has 0 aliphatic heterocycles. The number of nitrogens with zero attached hydrogens (tertiary/aromatic N) is 2. The van der Waals surface area contributed by atoms with Gasteiger partial charge in [0.2, 0.25) is 0 Å². The van der Waals surface area contributed by atoms with Crippen molar-refractivity contribution in [2.24, 2.45) is 4.99 Å². The Bertz CT molecular complexity index is 1240. The van der Waals surface area contributed by atoms with Crippen LogP contribution >= 0.6 is 0 Å². The van der Waals surface area contributed by atoms with Gasteiger partial charge in [-0.25, -0.2) is 4.79 Å². The molecule has 4 heteroatoms. The van der Waals surface area contributed by atoms with Gasteiger partial charge in [0.05, 0.1) is 18.4 Å². The number of methoxy groups -OCH3 is 1. The first-order valence-corrected chi connectivity index (χ1v) is 11.1. The number of rotatable bonds is 8. The summed E-state index contributed by atoms with van der Waals surface area (Å²) in [5.41, 5.74) is 6.11. The number of aromatic nitrogens is 1. The van der Waals surface area contributed by atoms with Crippen molar-refractivity contribution in [3.8, 4) is 0 Å². The second kappa shape index (κ2) is 10.1. The van der Waals surface area contributed by atoms with E-state index in [2.05, 4.69) is 54.1 Å². The van der Waals surface area contributed by atoms with E-state index in [9.17, 15) is 4.79 Å². The fraction of sp³-hybridized carbons (Fsp3) is 0.214. The van der Waals surface area contributed by atoms with Crippen molar-refractivity contribution in [1.82, 2.24) is 4.57 Å². The topological polar surface area (TPSA) is 43.6 Å². The van der Waals surface area contributed by atoms with E-state index in [-0.39, 0.29) is 5.97 Å². The van der Waals surface area contributed by atoms with E-state index < -0.39 is 0 Å². The number of fused-ring (bicyclic) bond motifs is 1. The zero-order valence-electron chi connectivity index (χ0n) is 18.6. The molecule has 0 unspecified atom stereocenters. The molecular weight excluding hydrogens is 396 g/mol. The number of ether oxygens (including phenoxy) is 1. The zero-order chi connectivity index (χ0) is 22.3. The van der Waals surface area contributed by atoms with Crippen LogP contribution in [0.15, 0.2) is 84.0 Å². The molecule has 0 fully saturated rings. The van der Waals surface area contributed by atoms with Crippen LogP contribution < -0.4 is 0 Å². The fourth-order valence-electron chi connectivity index (χ4n) is 3.89. The molecule has 0 radical (unpaired) electrons. The first kappa shape index (κ1) is 21.6. The molecule has 162 valence electrons. The molecule has 4 nitrogen and oxygen atoms in total. The number of hydrogen-bond acceptors (Lipinski definition) is 3. The Kier molecular flexibility index (Phi) is 6.81. The molecule has 1 aromatic heterocycles. The van der Waals surface area contributed by atoms with Crippen LogP contribution in [0.3, 0.4) is 0 Å². The molecule has 3 aromatic carbocycles. The minimum Gasteiger partial charge on any atom is -0.465 e. The number of carbonyl (C=O) groups excluding carboxylic acids is 1. The number of unbranched alkanes of at least 4 members (excludes halogenated alkanes) is 1. The van der Waals surface area contributed by atoms with E-state index in [4.69, 9.17) is 9.73 Å². The van der Waals surface area contributed by atoms with Gasteiger partial charge in [0.25, 0.3) is 0 Å². The highest BCUT2D eigenvalue weighted by Gasteiger charge is 2.09. The van der Waals surface area contributed by atoms with Gasteiger partial charge in [-0.3, -0.25) is 4.99 Å². The van der Waals surface area contributed by atoms with Crippen molar-refractivity contribution >= 4 is 28.8 Å². The molecule has 0 saturated carbocycles. The van der Waals surface area contributed by atoms with E-state index in [1.807, 2.05) is 36.5 Å². The highest BCUT2D eigenvalue weighted by atomic mass is 16.5. The Morgan fingerprint density at radius 2 is 1.81 bits per heavy atom. The first-order valence-electron chi connectivity index (χ1n) is 11.1. The van der Waals surface area contributed by atoms with Crippen LogP contribution in [0.2, 0.25) is 0 Å². The Hall–Kier alpha value is -3.66. The maximum atomic E-state index is 11.9. The highest BCUT2D eigenvalue weighted by Crippen LogP contribution is 2.23. The predicted molar refractivity (Wildman–Crippen MR) is 131 cm³/mol. The number of para-hydroxylation sites is 1. The minimum atomic E-state index is -0.322. The quantitative estimate of drug-likeness (QED) is 0.237. The van der Waals surface area contributed by atoms with E-state index in [1.54, 1.807) is 6.07 Å². The van der Waals surface area contributed by atoms with Crippen molar-refractivity contribution in [1.29, 1.82) is 0 Å². The molecule has 1 heterocycles. The van der Waals surface area contributed by atoms with Gasteiger partial charge >= 0.3 is 5.97 Å². The molecular formula is C28H28N2O2. The predicted octanol–water partition coefficient (Wildman–Crippen LogP) is 6.57. The van der Waals surface area contributed by atoms with Gasteiger partial charge in [-0.15, -0.1) is 0 Å². The summed E-state index contributed by atoms with van der Waals surface area (Å²) in [5, 5.41) is 1.15. The normalized spacial score (nSPS) is 11.3. The van der Waals surface area contributed by atoms with Crippen molar-refractivity contribution in [2.45, 2.75) is 32.7 Å². The molecule has 0 bridgehead atoms. The highest BCUT2D eigenvalue weighted by molar-refractivity contribution is 6.00. The summed E-state index contributed by atoms with van der Waals surface area (Å²) in [6.07, 6.45) is 7.59. The third-order valence-corrected chi connectivity index (χ3v) is 5.63. The molecule has 4 rings (SSSR count). The van der Waals surface area contributed by atoms with Crippen molar-refractivity contribution < 1.29 is 9.53 Å². The van der Waals surface area contributed by atoms with Crippen LogP contribution in [-0.2, 0) is 17.7 Å². The maximum Gasteiger partial charge on any atom is 0.337 e. The average Bonchev–Trinajstić information content (AvgIpc) is 3.19. The third kappa shape index (κ3) is 4.97. The average molecular weight is 425 g/mol. The number of hydrogen-bond donors (Lipinski definition) is 0. The minimum absolute atomic E-state index is 0.322. The first-order chi connectivity index (χ1) is 15.7.